The first-order valence-corrected chi connectivity index (χ1v) is 9.46. The summed E-state index contributed by atoms with van der Waals surface area (Å²) in [6.07, 6.45) is -1.80. The fourth-order valence-electron chi connectivity index (χ4n) is 2.78. The van der Waals surface area contributed by atoms with Gasteiger partial charge in [-0.2, -0.15) is 13.2 Å². The Hall–Kier alpha value is -1.72. The van der Waals surface area contributed by atoms with E-state index >= 15 is 0 Å². The molecule has 0 bridgehead atoms. The third-order valence-electron chi connectivity index (χ3n) is 4.18. The molecule has 0 saturated carbocycles. The highest BCUT2D eigenvalue weighted by Crippen LogP contribution is 2.19. The molecule has 6 nitrogen and oxygen atoms in total. The zero-order chi connectivity index (χ0) is 20.4. The molecule has 1 fully saturated rings. The van der Waals surface area contributed by atoms with Gasteiger partial charge in [0.25, 0.3) is 0 Å². The molecule has 0 unspecified atom stereocenters. The van der Waals surface area contributed by atoms with Gasteiger partial charge in [-0.05, 0) is 37.5 Å². The summed E-state index contributed by atoms with van der Waals surface area (Å²) in [6.45, 7) is 3.84. The smallest absolute Gasteiger partial charge is 0.422 e. The van der Waals surface area contributed by atoms with Crippen molar-refractivity contribution in [2.45, 2.75) is 38.9 Å². The van der Waals surface area contributed by atoms with E-state index in [0.717, 1.165) is 31.5 Å². The molecule has 1 aliphatic heterocycles. The molecule has 1 heterocycles. The van der Waals surface area contributed by atoms with E-state index in [-0.39, 0.29) is 35.6 Å². The van der Waals surface area contributed by atoms with E-state index in [0.29, 0.717) is 32.0 Å². The summed E-state index contributed by atoms with van der Waals surface area (Å²) >= 11 is 0. The normalized spacial score (nSPS) is 14.3. The number of hydrogen-bond donors (Lipinski definition) is 2. The van der Waals surface area contributed by atoms with Gasteiger partial charge in [0.2, 0.25) is 5.91 Å². The molecule has 0 aliphatic carbocycles. The van der Waals surface area contributed by atoms with Crippen LogP contribution in [0.5, 0.6) is 5.75 Å². The van der Waals surface area contributed by atoms with Gasteiger partial charge in [0.15, 0.2) is 12.6 Å². The number of amides is 1. The van der Waals surface area contributed by atoms with E-state index < -0.39 is 12.8 Å². The van der Waals surface area contributed by atoms with Crippen LogP contribution in [0.3, 0.4) is 0 Å². The van der Waals surface area contributed by atoms with Crippen LogP contribution in [-0.2, 0) is 11.3 Å². The van der Waals surface area contributed by atoms with Gasteiger partial charge in [-0.25, -0.2) is 4.99 Å². The van der Waals surface area contributed by atoms with Crippen molar-refractivity contribution >= 4 is 35.8 Å². The van der Waals surface area contributed by atoms with Gasteiger partial charge in [-0.1, -0.05) is 12.1 Å². The number of benzene rings is 1. The highest BCUT2D eigenvalue weighted by atomic mass is 127. The molecule has 1 saturated heterocycles. The lowest BCUT2D eigenvalue weighted by Gasteiger charge is -2.16. The number of halogens is 4. The van der Waals surface area contributed by atoms with Crippen molar-refractivity contribution in [1.29, 1.82) is 0 Å². The topological polar surface area (TPSA) is 66.0 Å². The Morgan fingerprint density at radius 1 is 1.17 bits per heavy atom. The Bertz CT molecular complexity index is 648. The Labute approximate surface area is 186 Å². The quantitative estimate of drug-likeness (QED) is 0.309. The maximum atomic E-state index is 12.2. The first kappa shape index (κ1) is 25.3. The number of guanidine groups is 1. The summed E-state index contributed by atoms with van der Waals surface area (Å²) in [6, 6.07) is 6.34. The van der Waals surface area contributed by atoms with Gasteiger partial charge >= 0.3 is 6.18 Å². The molecule has 1 amide bonds. The van der Waals surface area contributed by atoms with Crippen LogP contribution in [-0.4, -0.2) is 55.7 Å². The summed E-state index contributed by atoms with van der Waals surface area (Å²) in [5, 5.41) is 6.24. The summed E-state index contributed by atoms with van der Waals surface area (Å²) in [5.41, 5.74) is 0.838. The predicted octanol–water partition coefficient (Wildman–Crippen LogP) is 3.31. The van der Waals surface area contributed by atoms with Gasteiger partial charge in [-0.3, -0.25) is 4.79 Å². The number of rotatable bonds is 8. The minimum absolute atomic E-state index is 0. The molecule has 10 heteroatoms. The average Bonchev–Trinajstić information content (AvgIpc) is 3.19. The van der Waals surface area contributed by atoms with E-state index in [9.17, 15) is 18.0 Å². The minimum Gasteiger partial charge on any atom is -0.484 e. The number of nitrogens with one attached hydrogen (secondary N) is 2. The van der Waals surface area contributed by atoms with E-state index in [4.69, 9.17) is 0 Å². The van der Waals surface area contributed by atoms with Crippen LogP contribution in [0, 0.1) is 0 Å². The van der Waals surface area contributed by atoms with Crippen molar-refractivity contribution in [3.63, 3.8) is 0 Å². The third-order valence-corrected chi connectivity index (χ3v) is 4.18. The van der Waals surface area contributed by atoms with E-state index in [2.05, 4.69) is 20.4 Å². The molecule has 164 valence electrons. The first-order chi connectivity index (χ1) is 13.4. The van der Waals surface area contributed by atoms with E-state index in [1.807, 2.05) is 11.8 Å². The highest BCUT2D eigenvalue weighted by molar-refractivity contribution is 14.0. The summed E-state index contributed by atoms with van der Waals surface area (Å²) in [5.74, 6) is 0.903. The second-order valence-electron chi connectivity index (χ2n) is 6.51. The molecule has 0 aromatic heterocycles. The zero-order valence-corrected chi connectivity index (χ0v) is 18.8. The van der Waals surface area contributed by atoms with Gasteiger partial charge in [-0.15, -0.1) is 24.0 Å². The Balaban J connectivity index is 0.00000420. The number of aliphatic imine (C=N–C) groups is 1. The minimum atomic E-state index is -4.36. The Morgan fingerprint density at radius 2 is 1.83 bits per heavy atom. The average molecular weight is 528 g/mol. The van der Waals surface area contributed by atoms with Crippen LogP contribution >= 0.6 is 24.0 Å². The van der Waals surface area contributed by atoms with Crippen molar-refractivity contribution in [2.24, 2.45) is 4.99 Å². The fourth-order valence-corrected chi connectivity index (χ4v) is 2.78. The second-order valence-corrected chi connectivity index (χ2v) is 6.51. The van der Waals surface area contributed by atoms with Crippen molar-refractivity contribution in [3.05, 3.63) is 29.8 Å². The summed E-state index contributed by atoms with van der Waals surface area (Å²) in [4.78, 5) is 18.4. The number of ether oxygens (including phenoxy) is 1. The van der Waals surface area contributed by atoms with Crippen molar-refractivity contribution in [3.8, 4) is 5.75 Å². The maximum absolute atomic E-state index is 12.2. The molecule has 29 heavy (non-hydrogen) atoms. The van der Waals surface area contributed by atoms with Crippen LogP contribution in [0.25, 0.3) is 0 Å². The van der Waals surface area contributed by atoms with Crippen LogP contribution < -0.4 is 15.4 Å². The summed E-state index contributed by atoms with van der Waals surface area (Å²) < 4.78 is 41.2. The Kier molecular flexibility index (Phi) is 11.1. The highest BCUT2D eigenvalue weighted by Gasteiger charge is 2.28. The maximum Gasteiger partial charge on any atom is 0.422 e. The molecule has 0 atom stereocenters. The fraction of sp³-hybridized carbons (Fsp3) is 0.579. The molecular formula is C19H28F3IN4O2. The second kappa shape index (κ2) is 12.8. The lowest BCUT2D eigenvalue weighted by Crippen LogP contribution is -2.39. The van der Waals surface area contributed by atoms with Gasteiger partial charge in [0.1, 0.15) is 5.75 Å². The number of hydrogen-bond acceptors (Lipinski definition) is 3. The molecule has 1 aliphatic rings. The SMILES string of the molecule is CCNC(=NCc1ccc(OCC(F)(F)F)cc1)NCCC(=O)N1CCCC1.I. The standard InChI is InChI=1S/C19H27F3N4O2.HI/c1-2-23-18(24-10-9-17(27)26-11-3-4-12-26)25-13-15-5-7-16(8-6-15)28-14-19(20,21)22;/h5-8H,2-4,9-14H2,1H3,(H2,23,24,25);1H. The lowest BCUT2D eigenvalue weighted by molar-refractivity contribution is -0.153. The molecule has 2 rings (SSSR count). The van der Waals surface area contributed by atoms with Crippen LogP contribution in [0.1, 0.15) is 31.7 Å². The first-order valence-electron chi connectivity index (χ1n) is 9.46. The number of carbonyl (C=O) groups excluding carboxylic acids is 1. The third kappa shape index (κ3) is 10.0. The lowest BCUT2D eigenvalue weighted by atomic mass is 10.2. The number of carbonyl (C=O) groups is 1. The number of likely N-dealkylation sites (tertiary alicyclic amines) is 1. The van der Waals surface area contributed by atoms with E-state index in [1.165, 1.54) is 12.1 Å². The van der Waals surface area contributed by atoms with Gasteiger partial charge < -0.3 is 20.3 Å². The molecule has 1 aromatic carbocycles. The van der Waals surface area contributed by atoms with E-state index in [1.54, 1.807) is 12.1 Å². The van der Waals surface area contributed by atoms with Crippen LogP contribution in [0.2, 0.25) is 0 Å². The zero-order valence-electron chi connectivity index (χ0n) is 16.4. The molecule has 0 spiro atoms. The molecule has 0 radical (unpaired) electrons. The molecule has 2 N–H and O–H groups in total. The molecule has 1 aromatic rings. The van der Waals surface area contributed by atoms with Crippen molar-refractivity contribution in [1.82, 2.24) is 15.5 Å². The Morgan fingerprint density at radius 3 is 2.41 bits per heavy atom. The van der Waals surface area contributed by atoms with Crippen molar-refractivity contribution in [2.75, 3.05) is 32.8 Å². The molecular weight excluding hydrogens is 500 g/mol. The number of nitrogens with zero attached hydrogens (tertiary/aromatic N) is 2. The van der Waals surface area contributed by atoms with Crippen LogP contribution in [0.4, 0.5) is 13.2 Å². The monoisotopic (exact) mass is 528 g/mol. The van der Waals surface area contributed by atoms with Crippen LogP contribution in [0.15, 0.2) is 29.3 Å². The van der Waals surface area contributed by atoms with Gasteiger partial charge in [0.05, 0.1) is 6.54 Å². The largest absolute Gasteiger partial charge is 0.484 e. The van der Waals surface area contributed by atoms with Crippen molar-refractivity contribution < 1.29 is 22.7 Å². The summed E-state index contributed by atoms with van der Waals surface area (Å²) in [7, 11) is 0. The number of alkyl halides is 3. The predicted molar refractivity (Wildman–Crippen MR) is 117 cm³/mol. The van der Waals surface area contributed by atoms with Gasteiger partial charge in [0, 0.05) is 32.6 Å².